The van der Waals surface area contributed by atoms with Gasteiger partial charge in [-0.2, -0.15) is 9.50 Å². The number of carbonyl (C=O) groups is 1. The number of para-hydroxylation sites is 1. The number of fused-ring (bicyclic) bond motifs is 1. The minimum Gasteiger partial charge on any atom is -0.496 e. The maximum Gasteiger partial charge on any atom is 0.308 e. The van der Waals surface area contributed by atoms with E-state index in [1.165, 1.54) is 29.9 Å². The fourth-order valence-corrected chi connectivity index (χ4v) is 3.85. The van der Waals surface area contributed by atoms with Crippen molar-refractivity contribution in [3.8, 4) is 28.6 Å². The summed E-state index contributed by atoms with van der Waals surface area (Å²) in [5, 5.41) is 4.36. The zero-order chi connectivity index (χ0) is 21.3. The summed E-state index contributed by atoms with van der Waals surface area (Å²) in [6.45, 7) is 1.32. The second kappa shape index (κ2) is 7.96. The van der Waals surface area contributed by atoms with Crippen molar-refractivity contribution in [2.75, 3.05) is 14.2 Å². The van der Waals surface area contributed by atoms with E-state index in [1.807, 2.05) is 24.3 Å². The Kier molecular flexibility index (Phi) is 5.20. The van der Waals surface area contributed by atoms with Crippen LogP contribution >= 0.6 is 11.3 Å². The van der Waals surface area contributed by atoms with Gasteiger partial charge in [0.05, 0.1) is 24.3 Å². The minimum absolute atomic E-state index is 0.272. The number of thiazole rings is 1. The third kappa shape index (κ3) is 3.62. The number of hydrogen-bond donors (Lipinski definition) is 0. The average molecular weight is 423 g/mol. The summed E-state index contributed by atoms with van der Waals surface area (Å²) in [4.78, 5) is 29.0. The fraction of sp³-hybridized carbons (Fsp3) is 0.143. The number of methoxy groups -OCH3 is 2. The van der Waals surface area contributed by atoms with Gasteiger partial charge in [0.1, 0.15) is 5.75 Å². The Morgan fingerprint density at radius 1 is 1.07 bits per heavy atom. The highest BCUT2D eigenvalue weighted by Gasteiger charge is 2.15. The molecule has 0 saturated heterocycles. The molecule has 8 nitrogen and oxygen atoms in total. The van der Waals surface area contributed by atoms with E-state index in [9.17, 15) is 9.59 Å². The Balaban J connectivity index is 1.75. The van der Waals surface area contributed by atoms with Crippen LogP contribution in [0.15, 0.2) is 47.3 Å². The first-order valence-electron chi connectivity index (χ1n) is 8.91. The van der Waals surface area contributed by atoms with Crippen LogP contribution in [0.2, 0.25) is 0 Å². The molecule has 152 valence electrons. The molecule has 0 saturated carbocycles. The van der Waals surface area contributed by atoms with Gasteiger partial charge in [0, 0.05) is 6.92 Å². The predicted molar refractivity (Wildman–Crippen MR) is 112 cm³/mol. The number of benzene rings is 2. The molecule has 0 aliphatic carbocycles. The second-order valence-electron chi connectivity index (χ2n) is 6.25. The smallest absolute Gasteiger partial charge is 0.308 e. The van der Waals surface area contributed by atoms with E-state index in [2.05, 4.69) is 10.1 Å². The van der Waals surface area contributed by atoms with Crippen LogP contribution in [-0.2, 0) is 4.79 Å². The molecule has 0 aliphatic heterocycles. The molecule has 0 aliphatic rings. The van der Waals surface area contributed by atoms with E-state index < -0.39 is 5.97 Å². The summed E-state index contributed by atoms with van der Waals surface area (Å²) in [5.41, 5.74) is 1.16. The second-order valence-corrected chi connectivity index (χ2v) is 7.26. The number of hydrogen-bond acceptors (Lipinski definition) is 8. The van der Waals surface area contributed by atoms with Crippen molar-refractivity contribution >= 4 is 28.3 Å². The van der Waals surface area contributed by atoms with Crippen LogP contribution in [0.4, 0.5) is 0 Å². The largest absolute Gasteiger partial charge is 0.496 e. The van der Waals surface area contributed by atoms with Crippen molar-refractivity contribution in [3.05, 3.63) is 62.9 Å². The summed E-state index contributed by atoms with van der Waals surface area (Å²) in [7, 11) is 3.05. The highest BCUT2D eigenvalue weighted by atomic mass is 32.1. The number of aromatic nitrogens is 3. The van der Waals surface area contributed by atoms with E-state index in [4.69, 9.17) is 14.2 Å². The number of esters is 1. The summed E-state index contributed by atoms with van der Waals surface area (Å²) in [6.07, 6.45) is 1.71. The summed E-state index contributed by atoms with van der Waals surface area (Å²) >= 11 is 1.23. The lowest BCUT2D eigenvalue weighted by Gasteiger charge is -2.08. The first-order valence-corrected chi connectivity index (χ1v) is 9.73. The molecule has 0 N–H and O–H groups in total. The third-order valence-electron chi connectivity index (χ3n) is 4.27. The molecule has 9 heteroatoms. The van der Waals surface area contributed by atoms with E-state index in [1.54, 1.807) is 31.4 Å². The van der Waals surface area contributed by atoms with Gasteiger partial charge in [-0.3, -0.25) is 9.59 Å². The van der Waals surface area contributed by atoms with Crippen LogP contribution in [0.1, 0.15) is 12.5 Å². The van der Waals surface area contributed by atoms with E-state index in [-0.39, 0.29) is 5.56 Å². The van der Waals surface area contributed by atoms with Crippen molar-refractivity contribution in [2.45, 2.75) is 6.92 Å². The SMILES string of the molecule is COc1cc(/C=c2\sc3nc(-c4ccccc4OC)nn3c2=O)ccc1OC(C)=O. The molecule has 0 bridgehead atoms. The molecule has 0 unspecified atom stereocenters. The van der Waals surface area contributed by atoms with Crippen LogP contribution in [0, 0.1) is 0 Å². The summed E-state index contributed by atoms with van der Waals surface area (Å²) < 4.78 is 17.5. The minimum atomic E-state index is -0.441. The molecule has 2 aromatic carbocycles. The quantitative estimate of drug-likeness (QED) is 0.359. The van der Waals surface area contributed by atoms with Gasteiger partial charge >= 0.3 is 5.97 Å². The van der Waals surface area contributed by atoms with Crippen LogP contribution in [0.3, 0.4) is 0 Å². The lowest BCUT2D eigenvalue weighted by atomic mass is 10.2. The highest BCUT2D eigenvalue weighted by molar-refractivity contribution is 7.15. The van der Waals surface area contributed by atoms with E-state index in [0.29, 0.717) is 43.7 Å². The molecule has 0 amide bonds. The molecule has 0 radical (unpaired) electrons. The zero-order valence-corrected chi connectivity index (χ0v) is 17.2. The first-order chi connectivity index (χ1) is 14.5. The molecule has 30 heavy (non-hydrogen) atoms. The van der Waals surface area contributed by atoms with Crippen molar-refractivity contribution in [1.82, 2.24) is 14.6 Å². The predicted octanol–water partition coefficient (Wildman–Crippen LogP) is 2.31. The topological polar surface area (TPSA) is 92.0 Å². The Morgan fingerprint density at radius 2 is 1.83 bits per heavy atom. The van der Waals surface area contributed by atoms with Crippen molar-refractivity contribution < 1.29 is 19.0 Å². The lowest BCUT2D eigenvalue weighted by molar-refractivity contribution is -0.132. The lowest BCUT2D eigenvalue weighted by Crippen LogP contribution is -2.23. The Labute approximate surface area is 175 Å². The van der Waals surface area contributed by atoms with Gasteiger partial charge in [-0.25, -0.2) is 0 Å². The number of rotatable bonds is 5. The molecule has 4 aromatic rings. The Bertz CT molecular complexity index is 1360. The van der Waals surface area contributed by atoms with Gasteiger partial charge < -0.3 is 14.2 Å². The average Bonchev–Trinajstić information content (AvgIpc) is 3.28. The van der Waals surface area contributed by atoms with Crippen LogP contribution in [0.25, 0.3) is 22.4 Å². The maximum atomic E-state index is 12.8. The third-order valence-corrected chi connectivity index (χ3v) is 5.23. The van der Waals surface area contributed by atoms with Gasteiger partial charge in [-0.1, -0.05) is 29.5 Å². The fourth-order valence-electron chi connectivity index (χ4n) is 2.94. The molecular weight excluding hydrogens is 406 g/mol. The zero-order valence-electron chi connectivity index (χ0n) is 16.4. The normalized spacial score (nSPS) is 11.6. The van der Waals surface area contributed by atoms with Crippen molar-refractivity contribution in [1.29, 1.82) is 0 Å². The van der Waals surface area contributed by atoms with Crippen LogP contribution in [-0.4, -0.2) is 34.8 Å². The van der Waals surface area contributed by atoms with Gasteiger partial charge in [0.25, 0.3) is 5.56 Å². The number of carbonyl (C=O) groups excluding carboxylic acids is 1. The molecule has 0 atom stereocenters. The molecule has 2 heterocycles. The summed E-state index contributed by atoms with van der Waals surface area (Å²) in [5.74, 6) is 1.32. The monoisotopic (exact) mass is 423 g/mol. The van der Waals surface area contributed by atoms with Crippen molar-refractivity contribution in [3.63, 3.8) is 0 Å². The van der Waals surface area contributed by atoms with E-state index >= 15 is 0 Å². The molecule has 2 aromatic heterocycles. The van der Waals surface area contributed by atoms with Crippen LogP contribution < -0.4 is 24.3 Å². The van der Waals surface area contributed by atoms with E-state index in [0.717, 1.165) is 0 Å². The molecule has 0 fully saturated rings. The molecule has 4 rings (SSSR count). The van der Waals surface area contributed by atoms with Gasteiger partial charge in [0.2, 0.25) is 4.96 Å². The van der Waals surface area contributed by atoms with Crippen LogP contribution in [0.5, 0.6) is 17.2 Å². The number of ether oxygens (including phenoxy) is 3. The summed E-state index contributed by atoms with van der Waals surface area (Å²) in [6, 6.07) is 12.4. The van der Waals surface area contributed by atoms with Crippen molar-refractivity contribution in [2.24, 2.45) is 0 Å². The highest BCUT2D eigenvalue weighted by Crippen LogP contribution is 2.29. The Hall–Kier alpha value is -3.72. The molecule has 0 spiro atoms. The maximum absolute atomic E-state index is 12.8. The number of nitrogens with zero attached hydrogens (tertiary/aromatic N) is 3. The molecular formula is C21H17N3O5S. The Morgan fingerprint density at radius 3 is 2.53 bits per heavy atom. The van der Waals surface area contributed by atoms with Gasteiger partial charge in [-0.05, 0) is 35.9 Å². The standard InChI is InChI=1S/C21H17N3O5S/c1-12(25)29-16-9-8-13(10-17(16)28-3)11-18-20(26)24-21(30-18)22-19(23-24)14-6-4-5-7-15(14)27-2/h4-11H,1-3H3/b18-11-. The first kappa shape index (κ1) is 19.6. The van der Waals surface area contributed by atoms with Gasteiger partial charge in [-0.15, -0.1) is 5.10 Å². The van der Waals surface area contributed by atoms with Gasteiger partial charge in [0.15, 0.2) is 17.3 Å².